The Bertz CT molecular complexity index is 663. The van der Waals surface area contributed by atoms with E-state index >= 15 is 0 Å². The molecule has 1 aromatic carbocycles. The van der Waals surface area contributed by atoms with Crippen LogP contribution in [0, 0.1) is 6.92 Å². The van der Waals surface area contributed by atoms with E-state index in [1.54, 1.807) is 4.90 Å². The number of piperazine rings is 1. The predicted octanol–water partition coefficient (Wildman–Crippen LogP) is 1.92. The quantitative estimate of drug-likeness (QED) is 0.894. The van der Waals surface area contributed by atoms with Crippen molar-refractivity contribution in [2.75, 3.05) is 57.1 Å². The Morgan fingerprint density at radius 2 is 1.85 bits per heavy atom. The van der Waals surface area contributed by atoms with Crippen molar-refractivity contribution in [3.8, 4) is 0 Å². The average Bonchev–Trinajstić information content (AvgIpc) is 3.17. The van der Waals surface area contributed by atoms with Crippen molar-refractivity contribution in [2.45, 2.75) is 25.9 Å². The molecular formula is C19H28N4O3. The van der Waals surface area contributed by atoms with E-state index in [0.717, 1.165) is 29.8 Å². The normalized spacial score (nSPS) is 20.2. The molecule has 7 nitrogen and oxygen atoms in total. The highest BCUT2D eigenvalue weighted by atomic mass is 16.5. The summed E-state index contributed by atoms with van der Waals surface area (Å²) in [4.78, 5) is 30.5. The first-order valence-corrected chi connectivity index (χ1v) is 9.20. The van der Waals surface area contributed by atoms with Crippen molar-refractivity contribution >= 4 is 23.3 Å². The zero-order chi connectivity index (χ0) is 18.7. The van der Waals surface area contributed by atoms with E-state index in [9.17, 15) is 9.59 Å². The minimum Gasteiger partial charge on any atom is -0.378 e. The van der Waals surface area contributed by atoms with E-state index in [0.29, 0.717) is 32.8 Å². The summed E-state index contributed by atoms with van der Waals surface area (Å²) >= 11 is 0. The molecule has 2 fully saturated rings. The Hall–Kier alpha value is -2.28. The topological polar surface area (TPSA) is 65.1 Å². The zero-order valence-corrected chi connectivity index (χ0v) is 15.8. The number of amides is 3. The summed E-state index contributed by atoms with van der Waals surface area (Å²) in [6, 6.07) is 5.85. The van der Waals surface area contributed by atoms with Crippen LogP contribution in [0.15, 0.2) is 18.2 Å². The maximum Gasteiger partial charge on any atom is 0.321 e. The van der Waals surface area contributed by atoms with Crippen LogP contribution in [0.5, 0.6) is 0 Å². The number of hydrogen-bond donors (Lipinski definition) is 1. The minimum absolute atomic E-state index is 0.0673. The molecule has 3 rings (SSSR count). The fourth-order valence-electron chi connectivity index (χ4n) is 3.37. The molecule has 1 aromatic rings. The van der Waals surface area contributed by atoms with E-state index in [-0.39, 0.29) is 18.0 Å². The minimum atomic E-state index is -0.284. The highest BCUT2D eigenvalue weighted by Gasteiger charge is 2.31. The molecule has 2 saturated heterocycles. The highest BCUT2D eigenvalue weighted by molar-refractivity contribution is 5.90. The Morgan fingerprint density at radius 3 is 2.42 bits per heavy atom. The lowest BCUT2D eigenvalue weighted by molar-refractivity contribution is -0.142. The monoisotopic (exact) mass is 360 g/mol. The lowest BCUT2D eigenvalue weighted by atomic mass is 10.1. The average molecular weight is 360 g/mol. The van der Waals surface area contributed by atoms with Crippen molar-refractivity contribution in [3.05, 3.63) is 23.8 Å². The Morgan fingerprint density at radius 1 is 1.15 bits per heavy atom. The van der Waals surface area contributed by atoms with Crippen LogP contribution in [-0.4, -0.2) is 74.7 Å². The number of urea groups is 1. The van der Waals surface area contributed by atoms with Gasteiger partial charge in [-0.1, -0.05) is 0 Å². The van der Waals surface area contributed by atoms with Crippen LogP contribution in [0.4, 0.5) is 16.2 Å². The number of rotatable bonds is 3. The van der Waals surface area contributed by atoms with Crippen LogP contribution in [0.25, 0.3) is 0 Å². The fourth-order valence-corrected chi connectivity index (χ4v) is 3.37. The van der Waals surface area contributed by atoms with Gasteiger partial charge in [0, 0.05) is 58.3 Å². The van der Waals surface area contributed by atoms with Crippen LogP contribution < -0.4 is 10.2 Å². The summed E-state index contributed by atoms with van der Waals surface area (Å²) in [6.45, 7) is 4.86. The molecule has 0 spiro atoms. The molecule has 0 radical (unpaired) electrons. The molecular weight excluding hydrogens is 332 g/mol. The summed E-state index contributed by atoms with van der Waals surface area (Å²) in [5.41, 5.74) is 2.94. The van der Waals surface area contributed by atoms with E-state index in [4.69, 9.17) is 4.74 Å². The van der Waals surface area contributed by atoms with Crippen molar-refractivity contribution in [1.29, 1.82) is 0 Å². The van der Waals surface area contributed by atoms with Gasteiger partial charge in [-0.25, -0.2) is 4.79 Å². The maximum atomic E-state index is 12.5. The number of anilines is 2. The molecule has 0 aliphatic carbocycles. The van der Waals surface area contributed by atoms with Crippen LogP contribution in [0.3, 0.4) is 0 Å². The third kappa shape index (κ3) is 4.09. The Kier molecular flexibility index (Phi) is 5.66. The van der Waals surface area contributed by atoms with Crippen molar-refractivity contribution in [2.24, 2.45) is 0 Å². The maximum absolute atomic E-state index is 12.5. The molecule has 142 valence electrons. The highest BCUT2D eigenvalue weighted by Crippen LogP contribution is 2.22. The number of benzene rings is 1. The van der Waals surface area contributed by atoms with Gasteiger partial charge >= 0.3 is 6.03 Å². The standard InChI is InChI=1S/C19H28N4O3/c1-14-13-15(21(2)3)6-7-16(14)20-19(25)23-10-8-22(9-11-23)18(24)17-5-4-12-26-17/h6-7,13,17H,4-5,8-12H2,1-3H3,(H,20,25). The summed E-state index contributed by atoms with van der Waals surface area (Å²) in [6.07, 6.45) is 1.47. The fraction of sp³-hybridized carbons (Fsp3) is 0.579. The van der Waals surface area contributed by atoms with Gasteiger partial charge in [0.2, 0.25) is 0 Å². The van der Waals surface area contributed by atoms with Gasteiger partial charge in [0.05, 0.1) is 0 Å². The largest absolute Gasteiger partial charge is 0.378 e. The molecule has 1 atom stereocenters. The number of nitrogens with zero attached hydrogens (tertiary/aromatic N) is 3. The van der Waals surface area contributed by atoms with Crippen molar-refractivity contribution < 1.29 is 14.3 Å². The second kappa shape index (κ2) is 7.95. The molecule has 0 aromatic heterocycles. The number of carbonyl (C=O) groups is 2. The first kappa shape index (κ1) is 18.5. The SMILES string of the molecule is Cc1cc(N(C)C)ccc1NC(=O)N1CCN(C(=O)C2CCCO2)CC1. The van der Waals surface area contributed by atoms with Crippen molar-refractivity contribution in [3.63, 3.8) is 0 Å². The van der Waals surface area contributed by atoms with Gasteiger partial charge in [-0.15, -0.1) is 0 Å². The van der Waals surface area contributed by atoms with Crippen LogP contribution >= 0.6 is 0 Å². The second-order valence-corrected chi connectivity index (χ2v) is 7.14. The van der Waals surface area contributed by atoms with Gasteiger partial charge in [0.1, 0.15) is 6.10 Å². The van der Waals surface area contributed by atoms with E-state index in [1.807, 2.05) is 49.0 Å². The first-order chi connectivity index (χ1) is 12.5. The van der Waals surface area contributed by atoms with Gasteiger partial charge in [0.15, 0.2) is 0 Å². The Labute approximate surface area is 154 Å². The number of nitrogens with one attached hydrogen (secondary N) is 1. The van der Waals surface area contributed by atoms with Crippen LogP contribution in [-0.2, 0) is 9.53 Å². The molecule has 3 amide bonds. The Balaban J connectivity index is 1.53. The molecule has 1 unspecified atom stereocenters. The third-order valence-corrected chi connectivity index (χ3v) is 5.05. The van der Waals surface area contributed by atoms with E-state index in [2.05, 4.69) is 5.32 Å². The van der Waals surface area contributed by atoms with E-state index < -0.39 is 0 Å². The molecule has 2 heterocycles. The third-order valence-electron chi connectivity index (χ3n) is 5.05. The summed E-state index contributed by atoms with van der Waals surface area (Å²) in [5, 5.41) is 2.99. The molecule has 0 bridgehead atoms. The van der Waals surface area contributed by atoms with Crippen molar-refractivity contribution in [1.82, 2.24) is 9.80 Å². The molecule has 7 heteroatoms. The number of aryl methyl sites for hydroxylation is 1. The number of carbonyl (C=O) groups excluding carboxylic acids is 2. The first-order valence-electron chi connectivity index (χ1n) is 9.20. The second-order valence-electron chi connectivity index (χ2n) is 7.14. The van der Waals surface area contributed by atoms with Gasteiger partial charge in [-0.05, 0) is 43.5 Å². The predicted molar refractivity (Wildman–Crippen MR) is 102 cm³/mol. The molecule has 0 saturated carbocycles. The molecule has 26 heavy (non-hydrogen) atoms. The van der Waals surface area contributed by atoms with Gasteiger partial charge in [0.25, 0.3) is 5.91 Å². The summed E-state index contributed by atoms with van der Waals surface area (Å²) in [7, 11) is 3.98. The molecule has 2 aliphatic rings. The molecule has 1 N–H and O–H groups in total. The number of ether oxygens (including phenoxy) is 1. The zero-order valence-electron chi connectivity index (χ0n) is 15.8. The molecule has 2 aliphatic heterocycles. The van der Waals surface area contributed by atoms with Crippen LogP contribution in [0.1, 0.15) is 18.4 Å². The smallest absolute Gasteiger partial charge is 0.321 e. The van der Waals surface area contributed by atoms with E-state index in [1.165, 1.54) is 0 Å². The lowest BCUT2D eigenvalue weighted by Gasteiger charge is -2.35. The van der Waals surface area contributed by atoms with Crippen LogP contribution in [0.2, 0.25) is 0 Å². The lowest BCUT2D eigenvalue weighted by Crippen LogP contribution is -2.53. The number of hydrogen-bond acceptors (Lipinski definition) is 4. The van der Waals surface area contributed by atoms with Gasteiger partial charge in [-0.2, -0.15) is 0 Å². The summed E-state index contributed by atoms with van der Waals surface area (Å²) < 4.78 is 5.47. The summed E-state index contributed by atoms with van der Waals surface area (Å²) in [5.74, 6) is 0.0673. The van der Waals surface area contributed by atoms with Gasteiger partial charge in [-0.3, -0.25) is 4.79 Å². The van der Waals surface area contributed by atoms with Gasteiger partial charge < -0.3 is 24.8 Å².